The third kappa shape index (κ3) is 2.27. The summed E-state index contributed by atoms with van der Waals surface area (Å²) >= 11 is 0. The van der Waals surface area contributed by atoms with Crippen LogP contribution in [0.5, 0.6) is 0 Å². The van der Waals surface area contributed by atoms with E-state index in [0.717, 1.165) is 12.1 Å². The first kappa shape index (κ1) is 13.1. The lowest BCUT2D eigenvalue weighted by Crippen LogP contribution is -2.33. The highest BCUT2D eigenvalue weighted by atomic mass is 16.2. The number of hydrogen-bond donors (Lipinski definition) is 1. The summed E-state index contributed by atoms with van der Waals surface area (Å²) in [5, 5.41) is 0. The van der Waals surface area contributed by atoms with Crippen molar-refractivity contribution in [1.29, 1.82) is 0 Å². The van der Waals surface area contributed by atoms with Gasteiger partial charge in [-0.25, -0.2) is 0 Å². The van der Waals surface area contributed by atoms with Crippen LogP contribution in [0.4, 0.5) is 5.69 Å². The molecule has 0 spiro atoms. The molecule has 0 aromatic heterocycles. The van der Waals surface area contributed by atoms with Gasteiger partial charge in [-0.3, -0.25) is 4.79 Å². The second kappa shape index (κ2) is 5.11. The molecule has 2 N–H and O–H groups in total. The Hall–Kier alpha value is -1.35. The Morgan fingerprint density at radius 2 is 2.17 bits per heavy atom. The summed E-state index contributed by atoms with van der Waals surface area (Å²) in [6, 6.07) is 6.45. The summed E-state index contributed by atoms with van der Waals surface area (Å²) < 4.78 is 0. The van der Waals surface area contributed by atoms with Crippen molar-refractivity contribution in [3.8, 4) is 0 Å². The zero-order chi connectivity index (χ0) is 13.3. The van der Waals surface area contributed by atoms with E-state index in [1.54, 1.807) is 4.90 Å². The molecule has 0 fully saturated rings. The lowest BCUT2D eigenvalue weighted by Gasteiger charge is -2.32. The van der Waals surface area contributed by atoms with E-state index < -0.39 is 0 Å². The van der Waals surface area contributed by atoms with E-state index in [2.05, 4.69) is 32.0 Å². The average Bonchev–Trinajstić information content (AvgIpc) is 2.35. The van der Waals surface area contributed by atoms with Crippen LogP contribution in [0.2, 0.25) is 0 Å². The maximum absolute atomic E-state index is 11.9. The van der Waals surface area contributed by atoms with Crippen molar-refractivity contribution < 1.29 is 4.79 Å². The smallest absolute Gasteiger partial charge is 0.227 e. The molecule has 98 valence electrons. The molecule has 1 aromatic carbocycles. The van der Waals surface area contributed by atoms with E-state index >= 15 is 0 Å². The number of hydrogen-bond acceptors (Lipinski definition) is 2. The van der Waals surface area contributed by atoms with Crippen molar-refractivity contribution in [3.05, 3.63) is 29.3 Å². The molecule has 0 bridgehead atoms. The summed E-state index contributed by atoms with van der Waals surface area (Å²) in [6.45, 7) is 5.02. The van der Waals surface area contributed by atoms with E-state index in [1.165, 1.54) is 11.1 Å². The van der Waals surface area contributed by atoms with Crippen LogP contribution in [0.15, 0.2) is 18.2 Å². The number of amides is 1. The third-order valence-corrected chi connectivity index (χ3v) is 3.83. The van der Waals surface area contributed by atoms with Gasteiger partial charge in [-0.1, -0.05) is 26.0 Å². The van der Waals surface area contributed by atoms with Crippen molar-refractivity contribution in [3.63, 3.8) is 0 Å². The average molecular weight is 246 g/mol. The van der Waals surface area contributed by atoms with Crippen molar-refractivity contribution in [2.24, 2.45) is 5.73 Å². The Balaban J connectivity index is 2.46. The highest BCUT2D eigenvalue weighted by Crippen LogP contribution is 2.38. The summed E-state index contributed by atoms with van der Waals surface area (Å²) in [6.07, 6.45) is 1.47. The molecule has 1 atom stereocenters. The molecule has 0 saturated heterocycles. The van der Waals surface area contributed by atoms with Crippen LogP contribution in [-0.4, -0.2) is 19.5 Å². The number of fused-ring (bicyclic) bond motifs is 1. The molecular formula is C15H22N2O. The summed E-state index contributed by atoms with van der Waals surface area (Å²) in [5.41, 5.74) is 9.34. The Kier molecular flexibility index (Phi) is 3.71. The summed E-state index contributed by atoms with van der Waals surface area (Å²) in [7, 11) is 1.86. The predicted molar refractivity (Wildman–Crippen MR) is 75.0 cm³/mol. The zero-order valence-corrected chi connectivity index (χ0v) is 11.4. The number of carbonyl (C=O) groups is 1. The van der Waals surface area contributed by atoms with Gasteiger partial charge in [0.1, 0.15) is 0 Å². The highest BCUT2D eigenvalue weighted by Gasteiger charge is 2.28. The van der Waals surface area contributed by atoms with Gasteiger partial charge in [0, 0.05) is 19.2 Å². The first-order valence-electron chi connectivity index (χ1n) is 6.65. The van der Waals surface area contributed by atoms with Gasteiger partial charge in [0.15, 0.2) is 0 Å². The maximum Gasteiger partial charge on any atom is 0.227 e. The molecule has 1 aliphatic heterocycles. The minimum absolute atomic E-state index is 0.193. The van der Waals surface area contributed by atoms with Crippen molar-refractivity contribution in [2.45, 2.75) is 38.5 Å². The van der Waals surface area contributed by atoms with Crippen LogP contribution in [0.1, 0.15) is 49.7 Å². The first-order valence-corrected chi connectivity index (χ1v) is 6.65. The second-order valence-electron chi connectivity index (χ2n) is 5.40. The quantitative estimate of drug-likeness (QED) is 0.891. The van der Waals surface area contributed by atoms with Crippen molar-refractivity contribution in [2.75, 3.05) is 18.5 Å². The van der Waals surface area contributed by atoms with Gasteiger partial charge >= 0.3 is 0 Å². The fraction of sp³-hybridized carbons (Fsp3) is 0.533. The number of benzene rings is 1. The number of carbonyl (C=O) groups excluding carboxylic acids is 1. The molecule has 0 aliphatic carbocycles. The van der Waals surface area contributed by atoms with Crippen molar-refractivity contribution in [1.82, 2.24) is 0 Å². The Bertz CT molecular complexity index is 454. The molecule has 3 nitrogen and oxygen atoms in total. The first-order chi connectivity index (χ1) is 8.54. The minimum Gasteiger partial charge on any atom is -0.330 e. The molecule has 1 amide bonds. The number of nitrogens with two attached hydrogens (primary N) is 1. The van der Waals surface area contributed by atoms with Gasteiger partial charge in [0.05, 0.1) is 0 Å². The molecule has 1 aromatic rings. The van der Waals surface area contributed by atoms with Gasteiger partial charge < -0.3 is 10.6 Å². The number of rotatable bonds is 3. The fourth-order valence-electron chi connectivity index (χ4n) is 2.62. The van der Waals surface area contributed by atoms with E-state index in [4.69, 9.17) is 5.73 Å². The molecule has 1 unspecified atom stereocenters. The molecule has 1 heterocycles. The van der Waals surface area contributed by atoms with Crippen LogP contribution in [0.25, 0.3) is 0 Å². The second-order valence-corrected chi connectivity index (χ2v) is 5.40. The molecule has 1 aliphatic rings. The van der Waals surface area contributed by atoms with Crippen LogP contribution in [0.3, 0.4) is 0 Å². The van der Waals surface area contributed by atoms with Gasteiger partial charge in [0.2, 0.25) is 5.91 Å². The largest absolute Gasteiger partial charge is 0.330 e. The summed E-state index contributed by atoms with van der Waals surface area (Å²) in [5.74, 6) is 0.988. The predicted octanol–water partition coefficient (Wildman–Crippen LogP) is 2.61. The normalized spacial score (nSPS) is 19.3. The van der Waals surface area contributed by atoms with Crippen LogP contribution < -0.4 is 10.6 Å². The fourth-order valence-corrected chi connectivity index (χ4v) is 2.62. The van der Waals surface area contributed by atoms with Gasteiger partial charge in [-0.15, -0.1) is 0 Å². The molecule has 0 radical (unpaired) electrons. The topological polar surface area (TPSA) is 46.3 Å². The Morgan fingerprint density at radius 3 is 2.78 bits per heavy atom. The van der Waals surface area contributed by atoms with E-state index in [9.17, 15) is 4.79 Å². The minimum atomic E-state index is 0.193. The van der Waals surface area contributed by atoms with E-state index in [1.807, 2.05) is 7.05 Å². The standard InChI is InChI=1S/C15H22N2O/c1-10(2)11-4-5-14-13(8-11)12(6-7-16)9-15(18)17(14)3/h4-5,8,10,12H,6-7,9,16H2,1-3H3. The van der Waals surface area contributed by atoms with Crippen molar-refractivity contribution >= 4 is 11.6 Å². The Morgan fingerprint density at radius 1 is 1.44 bits per heavy atom. The van der Waals surface area contributed by atoms with Gasteiger partial charge in [0.25, 0.3) is 0 Å². The van der Waals surface area contributed by atoms with Gasteiger partial charge in [-0.05, 0) is 42.0 Å². The highest BCUT2D eigenvalue weighted by molar-refractivity contribution is 5.96. The van der Waals surface area contributed by atoms with Crippen LogP contribution in [0, 0.1) is 0 Å². The molecule has 0 saturated carbocycles. The number of anilines is 1. The molecule has 2 rings (SSSR count). The zero-order valence-electron chi connectivity index (χ0n) is 11.4. The lowest BCUT2D eigenvalue weighted by molar-refractivity contribution is -0.119. The Labute approximate surface area is 109 Å². The van der Waals surface area contributed by atoms with Crippen LogP contribution >= 0.6 is 0 Å². The summed E-state index contributed by atoms with van der Waals surface area (Å²) in [4.78, 5) is 13.7. The SMILES string of the molecule is CC(C)c1ccc2c(c1)C(CCN)CC(=O)N2C. The molecular weight excluding hydrogens is 224 g/mol. The lowest BCUT2D eigenvalue weighted by atomic mass is 9.85. The van der Waals surface area contributed by atoms with E-state index in [0.29, 0.717) is 18.9 Å². The molecule has 18 heavy (non-hydrogen) atoms. The monoisotopic (exact) mass is 246 g/mol. The molecule has 3 heteroatoms. The van der Waals surface area contributed by atoms with E-state index in [-0.39, 0.29) is 11.8 Å². The number of nitrogens with zero attached hydrogens (tertiary/aromatic N) is 1. The van der Waals surface area contributed by atoms with Crippen LogP contribution in [-0.2, 0) is 4.79 Å². The maximum atomic E-state index is 11.9. The van der Waals surface area contributed by atoms with Gasteiger partial charge in [-0.2, -0.15) is 0 Å². The third-order valence-electron chi connectivity index (χ3n) is 3.83.